The van der Waals surface area contributed by atoms with E-state index < -0.39 is 0 Å². The Bertz CT molecular complexity index is 686. The Morgan fingerprint density at radius 2 is 2.33 bits per heavy atom. The molecule has 2 atom stereocenters. The van der Waals surface area contributed by atoms with Gasteiger partial charge in [-0.05, 0) is 31.4 Å². The minimum Gasteiger partial charge on any atom is -0.458 e. The van der Waals surface area contributed by atoms with Crippen molar-refractivity contribution in [1.82, 2.24) is 14.6 Å². The lowest BCUT2D eigenvalue weighted by atomic mass is 9.76. The number of hydrogen-bond donors (Lipinski definition) is 0. The summed E-state index contributed by atoms with van der Waals surface area (Å²) in [6.45, 7) is 0. The van der Waals surface area contributed by atoms with Gasteiger partial charge in [-0.1, -0.05) is 24.2 Å². The van der Waals surface area contributed by atoms with Crippen LogP contribution in [0.15, 0.2) is 29.6 Å². The van der Waals surface area contributed by atoms with Crippen molar-refractivity contribution in [3.8, 4) is 0 Å². The molecule has 0 N–H and O–H groups in total. The summed E-state index contributed by atoms with van der Waals surface area (Å²) in [4.78, 5) is 11.7. The van der Waals surface area contributed by atoms with Crippen LogP contribution < -0.4 is 0 Å². The van der Waals surface area contributed by atoms with Crippen molar-refractivity contribution >= 4 is 23.4 Å². The van der Waals surface area contributed by atoms with Gasteiger partial charge >= 0.3 is 5.97 Å². The molecule has 0 amide bonds. The van der Waals surface area contributed by atoms with E-state index in [4.69, 9.17) is 4.74 Å². The molecule has 2 fully saturated rings. The summed E-state index contributed by atoms with van der Waals surface area (Å²) in [6, 6.07) is 5.86. The van der Waals surface area contributed by atoms with Crippen LogP contribution in [0.1, 0.15) is 32.1 Å². The SMILES string of the molecule is O=C1C[C@@H]2CCCC[C@]2(CSc2nnc3ccccn23)O1. The molecule has 2 aromatic rings. The number of esters is 1. The molecular weight excluding hydrogens is 286 g/mol. The first-order valence-corrected chi connectivity index (χ1v) is 8.40. The molecular formula is C15H17N3O2S. The van der Waals surface area contributed by atoms with Crippen molar-refractivity contribution in [2.45, 2.75) is 42.9 Å². The van der Waals surface area contributed by atoms with Crippen molar-refractivity contribution in [2.24, 2.45) is 5.92 Å². The van der Waals surface area contributed by atoms with Gasteiger partial charge in [0.05, 0.1) is 6.42 Å². The van der Waals surface area contributed by atoms with Crippen LogP contribution in [0, 0.1) is 5.92 Å². The Labute approximate surface area is 127 Å². The second-order valence-electron chi connectivity index (χ2n) is 5.89. The lowest BCUT2D eigenvalue weighted by Gasteiger charge is -2.36. The zero-order chi connectivity index (χ0) is 14.3. The molecule has 1 aliphatic heterocycles. The van der Waals surface area contributed by atoms with E-state index in [1.54, 1.807) is 11.8 Å². The predicted molar refractivity (Wildman–Crippen MR) is 79.1 cm³/mol. The van der Waals surface area contributed by atoms with Crippen LogP contribution in [-0.4, -0.2) is 31.9 Å². The van der Waals surface area contributed by atoms with Crippen LogP contribution >= 0.6 is 11.8 Å². The van der Waals surface area contributed by atoms with E-state index in [9.17, 15) is 4.79 Å². The molecule has 0 radical (unpaired) electrons. The summed E-state index contributed by atoms with van der Waals surface area (Å²) < 4.78 is 7.73. The highest BCUT2D eigenvalue weighted by Crippen LogP contribution is 2.46. The number of ether oxygens (including phenoxy) is 1. The Morgan fingerprint density at radius 3 is 3.29 bits per heavy atom. The van der Waals surface area contributed by atoms with E-state index in [1.807, 2.05) is 28.8 Å². The third-order valence-corrected chi connectivity index (χ3v) is 5.77. The highest BCUT2D eigenvalue weighted by Gasteiger charge is 2.50. The first-order chi connectivity index (χ1) is 10.3. The zero-order valence-electron chi connectivity index (χ0n) is 11.7. The van der Waals surface area contributed by atoms with Gasteiger partial charge in [-0.15, -0.1) is 10.2 Å². The number of nitrogens with zero attached hydrogens (tertiary/aromatic N) is 3. The van der Waals surface area contributed by atoms with Crippen LogP contribution in [0.2, 0.25) is 0 Å². The van der Waals surface area contributed by atoms with Gasteiger partial charge in [0.15, 0.2) is 10.8 Å². The van der Waals surface area contributed by atoms with Crippen molar-refractivity contribution in [1.29, 1.82) is 0 Å². The van der Waals surface area contributed by atoms with Gasteiger partial charge in [-0.25, -0.2) is 0 Å². The van der Waals surface area contributed by atoms with E-state index in [0.29, 0.717) is 12.3 Å². The largest absolute Gasteiger partial charge is 0.458 e. The Balaban J connectivity index is 1.56. The summed E-state index contributed by atoms with van der Waals surface area (Å²) >= 11 is 1.64. The number of carbonyl (C=O) groups is 1. The second-order valence-corrected chi connectivity index (χ2v) is 6.83. The number of hydrogen-bond acceptors (Lipinski definition) is 5. The molecule has 110 valence electrons. The number of pyridine rings is 1. The summed E-state index contributed by atoms with van der Waals surface area (Å²) in [7, 11) is 0. The highest BCUT2D eigenvalue weighted by molar-refractivity contribution is 7.99. The van der Waals surface area contributed by atoms with Crippen LogP contribution in [0.4, 0.5) is 0 Å². The van der Waals surface area contributed by atoms with E-state index in [-0.39, 0.29) is 11.6 Å². The molecule has 2 aliphatic rings. The number of rotatable bonds is 3. The molecule has 1 saturated carbocycles. The number of fused-ring (bicyclic) bond motifs is 2. The monoisotopic (exact) mass is 303 g/mol. The minimum atomic E-state index is -0.277. The number of thioether (sulfide) groups is 1. The fourth-order valence-electron chi connectivity index (χ4n) is 3.50. The third kappa shape index (κ3) is 2.21. The standard InChI is InChI=1S/C15H17N3O2S/c19-13-9-11-5-1-3-7-15(11,20-13)10-21-14-17-16-12-6-2-4-8-18(12)14/h2,4,6,8,11H,1,3,5,7,9-10H2/t11-,15+/m0/s1. The summed E-state index contributed by atoms with van der Waals surface area (Å²) in [6.07, 6.45) is 6.99. The van der Waals surface area contributed by atoms with Crippen LogP contribution in [0.3, 0.4) is 0 Å². The number of carbonyl (C=O) groups excluding carboxylic acids is 1. The van der Waals surface area contributed by atoms with E-state index >= 15 is 0 Å². The van der Waals surface area contributed by atoms with Gasteiger partial charge in [0, 0.05) is 17.9 Å². The molecule has 0 spiro atoms. The average Bonchev–Trinajstić information content (AvgIpc) is 3.05. The molecule has 0 unspecified atom stereocenters. The molecule has 4 rings (SSSR count). The van der Waals surface area contributed by atoms with Gasteiger partial charge in [0.2, 0.25) is 0 Å². The molecule has 5 nitrogen and oxygen atoms in total. The van der Waals surface area contributed by atoms with Gasteiger partial charge in [-0.2, -0.15) is 0 Å². The quantitative estimate of drug-likeness (QED) is 0.644. The Kier molecular flexibility index (Phi) is 3.14. The van der Waals surface area contributed by atoms with Crippen molar-refractivity contribution in [3.05, 3.63) is 24.4 Å². The lowest BCUT2D eigenvalue weighted by Crippen LogP contribution is -2.40. The summed E-state index contributed by atoms with van der Waals surface area (Å²) in [5.74, 6) is 1.12. The van der Waals surface area contributed by atoms with E-state index in [2.05, 4.69) is 10.2 Å². The van der Waals surface area contributed by atoms with E-state index in [1.165, 1.54) is 6.42 Å². The third-order valence-electron chi connectivity index (χ3n) is 4.60. The first kappa shape index (κ1) is 13.1. The molecule has 1 aliphatic carbocycles. The Morgan fingerprint density at radius 1 is 1.38 bits per heavy atom. The zero-order valence-corrected chi connectivity index (χ0v) is 12.5. The summed E-state index contributed by atoms with van der Waals surface area (Å²) in [5, 5.41) is 9.28. The molecule has 21 heavy (non-hydrogen) atoms. The van der Waals surface area contributed by atoms with E-state index in [0.717, 1.165) is 35.8 Å². The average molecular weight is 303 g/mol. The smallest absolute Gasteiger partial charge is 0.306 e. The van der Waals surface area contributed by atoms with Crippen molar-refractivity contribution < 1.29 is 9.53 Å². The van der Waals surface area contributed by atoms with Crippen LogP contribution in [0.25, 0.3) is 5.65 Å². The molecule has 2 aromatic heterocycles. The fraction of sp³-hybridized carbons (Fsp3) is 0.533. The van der Waals surface area contributed by atoms with Crippen molar-refractivity contribution in [3.63, 3.8) is 0 Å². The maximum atomic E-state index is 11.7. The normalized spacial score (nSPS) is 28.6. The fourth-order valence-corrected chi connectivity index (χ4v) is 4.70. The second kappa shape index (κ2) is 5.02. The topological polar surface area (TPSA) is 56.5 Å². The minimum absolute atomic E-state index is 0.0337. The molecule has 0 bridgehead atoms. The first-order valence-electron chi connectivity index (χ1n) is 7.41. The predicted octanol–water partition coefficient (Wildman–Crippen LogP) is 2.70. The van der Waals surface area contributed by atoms with Crippen LogP contribution in [-0.2, 0) is 9.53 Å². The molecule has 0 aromatic carbocycles. The maximum absolute atomic E-state index is 11.7. The van der Waals surface area contributed by atoms with Gasteiger partial charge in [0.25, 0.3) is 0 Å². The van der Waals surface area contributed by atoms with Gasteiger partial charge in [-0.3, -0.25) is 9.20 Å². The maximum Gasteiger partial charge on any atom is 0.306 e. The molecule has 3 heterocycles. The number of aromatic nitrogens is 3. The lowest BCUT2D eigenvalue weighted by molar-refractivity contribution is -0.148. The Hall–Kier alpha value is -1.56. The highest BCUT2D eigenvalue weighted by atomic mass is 32.2. The summed E-state index contributed by atoms with van der Waals surface area (Å²) in [5.41, 5.74) is 0.571. The molecule has 1 saturated heterocycles. The van der Waals surface area contributed by atoms with Crippen LogP contribution in [0.5, 0.6) is 0 Å². The van der Waals surface area contributed by atoms with Gasteiger partial charge in [0.1, 0.15) is 5.60 Å². The van der Waals surface area contributed by atoms with Crippen molar-refractivity contribution in [2.75, 3.05) is 5.75 Å². The molecule has 6 heteroatoms. The van der Waals surface area contributed by atoms with Gasteiger partial charge < -0.3 is 4.74 Å².